The van der Waals surface area contributed by atoms with Crippen LogP contribution < -0.4 is 5.32 Å². The van der Waals surface area contributed by atoms with Crippen molar-refractivity contribution in [2.45, 2.75) is 71.8 Å². The van der Waals surface area contributed by atoms with Crippen molar-refractivity contribution >= 4 is 0 Å². The average Bonchev–Trinajstić information content (AvgIpc) is 2.42. The quantitative estimate of drug-likeness (QED) is 0.623. The Morgan fingerprint density at radius 3 is 2.21 bits per heavy atom. The average molecular weight is 261 g/mol. The van der Waals surface area contributed by atoms with E-state index in [0.717, 1.165) is 6.54 Å². The standard InChI is InChI=1S/C18H31N/c1-5-16(4)18-12-10-17(11-13-18)9-7-6-8-14-19-15(2)3/h10-13,15-16,19H,5-9,14H2,1-4H3. The topological polar surface area (TPSA) is 12.0 Å². The molecule has 0 radical (unpaired) electrons. The Balaban J connectivity index is 2.19. The number of aryl methyl sites for hydroxylation is 1. The molecule has 0 saturated carbocycles. The third-order valence-corrected chi connectivity index (χ3v) is 3.86. The fraction of sp³-hybridized carbons (Fsp3) is 0.667. The van der Waals surface area contributed by atoms with Crippen LogP contribution >= 0.6 is 0 Å². The van der Waals surface area contributed by atoms with Gasteiger partial charge in [-0.2, -0.15) is 0 Å². The van der Waals surface area contributed by atoms with Gasteiger partial charge in [0.1, 0.15) is 0 Å². The number of hydrogen-bond donors (Lipinski definition) is 1. The molecule has 108 valence electrons. The number of benzene rings is 1. The van der Waals surface area contributed by atoms with Crippen molar-refractivity contribution < 1.29 is 0 Å². The van der Waals surface area contributed by atoms with Crippen molar-refractivity contribution in [2.75, 3.05) is 6.54 Å². The SMILES string of the molecule is CCC(C)c1ccc(CCCCCNC(C)C)cc1. The lowest BCUT2D eigenvalue weighted by Gasteiger charge is -2.10. The second kappa shape index (κ2) is 9.14. The molecule has 19 heavy (non-hydrogen) atoms. The Morgan fingerprint density at radius 1 is 0.947 bits per heavy atom. The molecule has 1 N–H and O–H groups in total. The summed E-state index contributed by atoms with van der Waals surface area (Å²) in [6.45, 7) is 10.1. The molecule has 1 heteroatoms. The first-order valence-electron chi connectivity index (χ1n) is 7.95. The van der Waals surface area contributed by atoms with Crippen molar-refractivity contribution in [1.29, 1.82) is 0 Å². The van der Waals surface area contributed by atoms with Gasteiger partial charge in [0.2, 0.25) is 0 Å². The van der Waals surface area contributed by atoms with Crippen LogP contribution in [-0.2, 0) is 6.42 Å². The van der Waals surface area contributed by atoms with Crippen LogP contribution in [0.1, 0.15) is 70.4 Å². The summed E-state index contributed by atoms with van der Waals surface area (Å²) in [5, 5.41) is 3.47. The maximum absolute atomic E-state index is 3.47. The molecule has 1 atom stereocenters. The third-order valence-electron chi connectivity index (χ3n) is 3.86. The van der Waals surface area contributed by atoms with E-state index >= 15 is 0 Å². The predicted octanol–water partition coefficient (Wildman–Crippen LogP) is 4.91. The number of nitrogens with one attached hydrogen (secondary N) is 1. The van der Waals surface area contributed by atoms with Crippen molar-refractivity contribution in [3.05, 3.63) is 35.4 Å². The van der Waals surface area contributed by atoms with Gasteiger partial charge in [-0.15, -0.1) is 0 Å². The lowest BCUT2D eigenvalue weighted by atomic mass is 9.96. The first-order valence-corrected chi connectivity index (χ1v) is 7.95. The van der Waals surface area contributed by atoms with Crippen molar-refractivity contribution in [2.24, 2.45) is 0 Å². The minimum atomic E-state index is 0.619. The highest BCUT2D eigenvalue weighted by Crippen LogP contribution is 2.19. The Kier molecular flexibility index (Phi) is 7.81. The fourth-order valence-corrected chi connectivity index (χ4v) is 2.27. The molecule has 1 aromatic rings. The summed E-state index contributed by atoms with van der Waals surface area (Å²) >= 11 is 0. The summed E-state index contributed by atoms with van der Waals surface area (Å²) in [4.78, 5) is 0. The van der Waals surface area contributed by atoms with Gasteiger partial charge >= 0.3 is 0 Å². The molecule has 0 saturated heterocycles. The molecule has 1 nitrogen and oxygen atoms in total. The molecular weight excluding hydrogens is 230 g/mol. The second-order valence-corrected chi connectivity index (χ2v) is 5.97. The molecule has 0 heterocycles. The van der Waals surface area contributed by atoms with E-state index in [0.29, 0.717) is 12.0 Å². The zero-order valence-electron chi connectivity index (χ0n) is 13.2. The van der Waals surface area contributed by atoms with Crippen LogP contribution in [0.15, 0.2) is 24.3 Å². The van der Waals surface area contributed by atoms with E-state index in [2.05, 4.69) is 57.3 Å². The minimum Gasteiger partial charge on any atom is -0.315 e. The third kappa shape index (κ3) is 6.77. The lowest BCUT2D eigenvalue weighted by molar-refractivity contribution is 0.548. The number of rotatable bonds is 9. The smallest absolute Gasteiger partial charge is 0.00103 e. The molecule has 0 bridgehead atoms. The second-order valence-electron chi connectivity index (χ2n) is 5.97. The lowest BCUT2D eigenvalue weighted by Crippen LogP contribution is -2.23. The van der Waals surface area contributed by atoms with Crippen LogP contribution in [0, 0.1) is 0 Å². The molecule has 0 fully saturated rings. The van der Waals surface area contributed by atoms with Crippen LogP contribution in [0.5, 0.6) is 0 Å². The zero-order valence-corrected chi connectivity index (χ0v) is 13.2. The summed E-state index contributed by atoms with van der Waals surface area (Å²) < 4.78 is 0. The maximum Gasteiger partial charge on any atom is 0.00103 e. The summed E-state index contributed by atoms with van der Waals surface area (Å²) in [7, 11) is 0. The van der Waals surface area contributed by atoms with Crippen molar-refractivity contribution in [3.63, 3.8) is 0 Å². The van der Waals surface area contributed by atoms with Gasteiger partial charge < -0.3 is 5.32 Å². The molecule has 1 rings (SSSR count). The monoisotopic (exact) mass is 261 g/mol. The molecule has 0 amide bonds. The highest BCUT2D eigenvalue weighted by Gasteiger charge is 2.02. The van der Waals surface area contributed by atoms with E-state index in [1.807, 2.05) is 0 Å². The largest absolute Gasteiger partial charge is 0.315 e. The van der Waals surface area contributed by atoms with Crippen LogP contribution in [0.2, 0.25) is 0 Å². The highest BCUT2D eigenvalue weighted by molar-refractivity contribution is 5.25. The number of hydrogen-bond acceptors (Lipinski definition) is 1. The molecule has 0 aliphatic rings. The first kappa shape index (κ1) is 16.2. The van der Waals surface area contributed by atoms with Crippen LogP contribution in [-0.4, -0.2) is 12.6 Å². The van der Waals surface area contributed by atoms with Gasteiger partial charge in [-0.05, 0) is 49.3 Å². The summed E-state index contributed by atoms with van der Waals surface area (Å²) in [6, 6.07) is 9.86. The van der Waals surface area contributed by atoms with E-state index in [-0.39, 0.29) is 0 Å². The summed E-state index contributed by atoms with van der Waals surface area (Å²) in [6.07, 6.45) is 6.38. The zero-order chi connectivity index (χ0) is 14.1. The Morgan fingerprint density at radius 2 is 1.63 bits per heavy atom. The van der Waals surface area contributed by atoms with Crippen LogP contribution in [0.4, 0.5) is 0 Å². The number of unbranched alkanes of at least 4 members (excludes halogenated alkanes) is 2. The molecule has 0 aliphatic carbocycles. The maximum atomic E-state index is 3.47. The molecule has 1 aromatic carbocycles. The Bertz CT molecular complexity index is 326. The minimum absolute atomic E-state index is 0.619. The molecule has 0 aromatic heterocycles. The van der Waals surface area contributed by atoms with E-state index in [4.69, 9.17) is 0 Å². The normalized spacial score (nSPS) is 12.9. The van der Waals surface area contributed by atoms with Gasteiger partial charge in [0.05, 0.1) is 0 Å². The Labute approximate surface area is 119 Å². The molecule has 1 unspecified atom stereocenters. The molecular formula is C18H31N. The van der Waals surface area contributed by atoms with Gasteiger partial charge in [-0.25, -0.2) is 0 Å². The predicted molar refractivity (Wildman–Crippen MR) is 85.8 cm³/mol. The highest BCUT2D eigenvalue weighted by atomic mass is 14.9. The van der Waals surface area contributed by atoms with Gasteiger partial charge in [0.25, 0.3) is 0 Å². The van der Waals surface area contributed by atoms with Gasteiger partial charge in [-0.3, -0.25) is 0 Å². The first-order chi connectivity index (χ1) is 9.13. The fourth-order valence-electron chi connectivity index (χ4n) is 2.27. The van der Waals surface area contributed by atoms with Gasteiger partial charge in [-0.1, -0.05) is 58.4 Å². The summed E-state index contributed by atoms with van der Waals surface area (Å²) in [5.74, 6) is 0.691. The van der Waals surface area contributed by atoms with Crippen LogP contribution in [0.3, 0.4) is 0 Å². The van der Waals surface area contributed by atoms with E-state index in [1.165, 1.54) is 43.2 Å². The van der Waals surface area contributed by atoms with Gasteiger partial charge in [0.15, 0.2) is 0 Å². The summed E-state index contributed by atoms with van der Waals surface area (Å²) in [5.41, 5.74) is 2.97. The van der Waals surface area contributed by atoms with E-state index in [1.54, 1.807) is 0 Å². The van der Waals surface area contributed by atoms with E-state index in [9.17, 15) is 0 Å². The molecule has 0 spiro atoms. The van der Waals surface area contributed by atoms with Gasteiger partial charge in [0, 0.05) is 6.04 Å². The van der Waals surface area contributed by atoms with E-state index < -0.39 is 0 Å². The van der Waals surface area contributed by atoms with Crippen LogP contribution in [0.25, 0.3) is 0 Å². The van der Waals surface area contributed by atoms with Crippen molar-refractivity contribution in [3.8, 4) is 0 Å². The van der Waals surface area contributed by atoms with Crippen molar-refractivity contribution in [1.82, 2.24) is 5.32 Å². The molecule has 0 aliphatic heterocycles. The Hall–Kier alpha value is -0.820.